The van der Waals surface area contributed by atoms with Crippen LogP contribution in [0, 0.1) is 0 Å². The molecule has 0 heterocycles. The molecule has 0 spiro atoms. The molecule has 0 atom stereocenters. The maximum atomic E-state index is 4.91. The summed E-state index contributed by atoms with van der Waals surface area (Å²) in [5.74, 6) is 0. The summed E-state index contributed by atoms with van der Waals surface area (Å²) in [6.07, 6.45) is 0. The summed E-state index contributed by atoms with van der Waals surface area (Å²) in [4.78, 5) is 0. The van der Waals surface area contributed by atoms with E-state index >= 15 is 0 Å². The van der Waals surface area contributed by atoms with Crippen LogP contribution in [-0.4, -0.2) is 34.3 Å². The number of nitrogens with one attached hydrogen (secondary N) is 2. The molecule has 0 fully saturated rings. The van der Waals surface area contributed by atoms with Crippen molar-refractivity contribution in [2.75, 3.05) is 34.3 Å². The van der Waals surface area contributed by atoms with Gasteiger partial charge in [-0.1, -0.05) is 0 Å². The predicted octanol–water partition coefficient (Wildman–Crippen LogP) is -0.669. The molecule has 2 N–H and O–H groups in total. The van der Waals surface area contributed by atoms with Gasteiger partial charge < -0.3 is 9.47 Å². The molecule has 0 aromatic heterocycles. The van der Waals surface area contributed by atoms with Gasteiger partial charge in [-0.3, -0.25) is 10.6 Å². The number of rotatable bonds is 6. The van der Waals surface area contributed by atoms with Gasteiger partial charge in [-0.15, -0.1) is 0 Å². The number of hydrogen-bond acceptors (Lipinski definition) is 4. The first kappa shape index (κ1) is 8.84. The minimum Gasteiger partial charge on any atom is -0.340 e. The lowest BCUT2D eigenvalue weighted by molar-refractivity contribution is -0.0621. The van der Waals surface area contributed by atoms with Crippen molar-refractivity contribution < 1.29 is 9.47 Å². The van der Waals surface area contributed by atoms with Crippen LogP contribution < -0.4 is 10.6 Å². The van der Waals surface area contributed by atoms with E-state index in [9.17, 15) is 0 Å². The van der Waals surface area contributed by atoms with Crippen LogP contribution in [0.5, 0.6) is 0 Å². The molecule has 4 nitrogen and oxygen atoms in total. The first-order valence-corrected chi connectivity index (χ1v) is 2.86. The highest BCUT2D eigenvalue weighted by Crippen LogP contribution is 1.71. The first-order valence-electron chi connectivity index (χ1n) is 2.86. The topological polar surface area (TPSA) is 42.5 Å². The zero-order chi connectivity index (χ0) is 6.95. The van der Waals surface area contributed by atoms with Gasteiger partial charge >= 0.3 is 0 Å². The second kappa shape index (κ2) is 7.84. The molecule has 0 unspecified atom stereocenters. The minimum absolute atomic E-state index is 0.335. The molecule has 0 bridgehead atoms. The van der Waals surface area contributed by atoms with Crippen LogP contribution in [0.2, 0.25) is 0 Å². The molecule has 4 heteroatoms. The molecule has 0 aliphatic carbocycles. The molecule has 0 amide bonds. The van der Waals surface area contributed by atoms with E-state index in [1.54, 1.807) is 0 Å². The summed E-state index contributed by atoms with van der Waals surface area (Å²) in [7, 11) is 3.64. The minimum atomic E-state index is 0.335. The predicted molar refractivity (Wildman–Crippen MR) is 34.9 cm³/mol. The average Bonchev–Trinajstić information content (AvgIpc) is 1.89. The number of hydrogen-bond donors (Lipinski definition) is 2. The highest BCUT2D eigenvalue weighted by Gasteiger charge is 1.81. The molecule has 0 rings (SSSR count). The molecular formula is C5H14N2O2. The van der Waals surface area contributed by atoms with Crippen molar-refractivity contribution >= 4 is 0 Å². The standard InChI is InChI=1S/C5H14N2O2/c1-6-3-8-5-9-4-7-2/h6-7H,3-5H2,1-2H3. The molecule has 0 saturated carbocycles. The lowest BCUT2D eigenvalue weighted by Crippen LogP contribution is -2.17. The quantitative estimate of drug-likeness (QED) is 0.373. The fourth-order valence-corrected chi connectivity index (χ4v) is 0.346. The van der Waals surface area contributed by atoms with Crippen LogP contribution in [0.4, 0.5) is 0 Å². The SMILES string of the molecule is CNCOCOCNC. The lowest BCUT2D eigenvalue weighted by atomic mass is 11.1. The van der Waals surface area contributed by atoms with Gasteiger partial charge in [-0.05, 0) is 14.1 Å². The maximum Gasteiger partial charge on any atom is 0.150 e. The van der Waals surface area contributed by atoms with Crippen molar-refractivity contribution in [2.24, 2.45) is 0 Å². The zero-order valence-corrected chi connectivity index (χ0v) is 5.94. The van der Waals surface area contributed by atoms with Crippen LogP contribution in [0.25, 0.3) is 0 Å². The summed E-state index contributed by atoms with van der Waals surface area (Å²) in [5, 5.41) is 5.64. The van der Waals surface area contributed by atoms with Gasteiger partial charge in [0, 0.05) is 0 Å². The summed E-state index contributed by atoms with van der Waals surface area (Å²) in [6, 6.07) is 0. The Morgan fingerprint density at radius 2 is 1.44 bits per heavy atom. The fourth-order valence-electron chi connectivity index (χ4n) is 0.346. The van der Waals surface area contributed by atoms with Gasteiger partial charge in [0.15, 0.2) is 0 Å². The van der Waals surface area contributed by atoms with Crippen molar-refractivity contribution in [1.82, 2.24) is 10.6 Å². The van der Waals surface area contributed by atoms with Crippen molar-refractivity contribution in [3.8, 4) is 0 Å². The van der Waals surface area contributed by atoms with E-state index in [-0.39, 0.29) is 0 Å². The Morgan fingerprint density at radius 1 is 1.00 bits per heavy atom. The third-order valence-electron chi connectivity index (χ3n) is 0.659. The van der Waals surface area contributed by atoms with Crippen LogP contribution in [0.1, 0.15) is 0 Å². The van der Waals surface area contributed by atoms with Gasteiger partial charge in [0.2, 0.25) is 0 Å². The Bertz CT molecular complexity index is 46.2. The third kappa shape index (κ3) is 7.84. The second-order valence-corrected chi connectivity index (χ2v) is 1.52. The summed E-state index contributed by atoms with van der Waals surface area (Å²) in [5.41, 5.74) is 0. The van der Waals surface area contributed by atoms with E-state index in [1.807, 2.05) is 14.1 Å². The Labute approximate surface area is 55.5 Å². The number of ether oxygens (including phenoxy) is 2. The van der Waals surface area contributed by atoms with Crippen LogP contribution in [0.3, 0.4) is 0 Å². The highest BCUT2D eigenvalue weighted by molar-refractivity contribution is 4.16. The third-order valence-corrected chi connectivity index (χ3v) is 0.659. The van der Waals surface area contributed by atoms with Gasteiger partial charge in [-0.25, -0.2) is 0 Å². The van der Waals surface area contributed by atoms with E-state index in [2.05, 4.69) is 10.6 Å². The van der Waals surface area contributed by atoms with Gasteiger partial charge in [0.25, 0.3) is 0 Å². The van der Waals surface area contributed by atoms with Crippen molar-refractivity contribution in [1.29, 1.82) is 0 Å². The molecule has 0 aliphatic rings. The lowest BCUT2D eigenvalue weighted by Gasteiger charge is -2.02. The van der Waals surface area contributed by atoms with E-state index in [0.717, 1.165) is 0 Å². The largest absolute Gasteiger partial charge is 0.340 e. The van der Waals surface area contributed by atoms with E-state index < -0.39 is 0 Å². The molecule has 0 aliphatic heterocycles. The zero-order valence-electron chi connectivity index (χ0n) is 5.94. The van der Waals surface area contributed by atoms with E-state index in [0.29, 0.717) is 20.3 Å². The normalized spacial score (nSPS) is 10.0. The van der Waals surface area contributed by atoms with E-state index in [1.165, 1.54) is 0 Å². The average molecular weight is 134 g/mol. The van der Waals surface area contributed by atoms with Gasteiger partial charge in [0.1, 0.15) is 6.79 Å². The Kier molecular flexibility index (Phi) is 7.70. The molecule has 0 aromatic carbocycles. The molecule has 0 saturated heterocycles. The van der Waals surface area contributed by atoms with Crippen molar-refractivity contribution in [3.63, 3.8) is 0 Å². The smallest absolute Gasteiger partial charge is 0.150 e. The summed E-state index contributed by atoms with van der Waals surface area (Å²) < 4.78 is 9.82. The molecular weight excluding hydrogens is 120 g/mol. The summed E-state index contributed by atoms with van der Waals surface area (Å²) >= 11 is 0. The Morgan fingerprint density at radius 3 is 1.78 bits per heavy atom. The second-order valence-electron chi connectivity index (χ2n) is 1.52. The van der Waals surface area contributed by atoms with Crippen molar-refractivity contribution in [3.05, 3.63) is 0 Å². The van der Waals surface area contributed by atoms with Crippen LogP contribution >= 0.6 is 0 Å². The monoisotopic (exact) mass is 134 g/mol. The summed E-state index contributed by atoms with van der Waals surface area (Å²) in [6.45, 7) is 1.40. The highest BCUT2D eigenvalue weighted by atomic mass is 16.7. The van der Waals surface area contributed by atoms with Crippen molar-refractivity contribution in [2.45, 2.75) is 0 Å². The molecule has 9 heavy (non-hydrogen) atoms. The molecule has 0 radical (unpaired) electrons. The maximum absolute atomic E-state index is 4.91. The van der Waals surface area contributed by atoms with E-state index in [4.69, 9.17) is 9.47 Å². The first-order chi connectivity index (χ1) is 4.41. The Hall–Kier alpha value is -0.160. The fraction of sp³-hybridized carbons (Fsp3) is 1.00. The van der Waals surface area contributed by atoms with Gasteiger partial charge in [0.05, 0.1) is 13.5 Å². The van der Waals surface area contributed by atoms with Gasteiger partial charge in [-0.2, -0.15) is 0 Å². The van der Waals surface area contributed by atoms with Crippen LogP contribution in [0.15, 0.2) is 0 Å². The Balaban J connectivity index is 2.60. The molecule has 56 valence electrons. The van der Waals surface area contributed by atoms with Crippen LogP contribution in [-0.2, 0) is 9.47 Å². The molecule has 0 aromatic rings.